The Morgan fingerprint density at radius 3 is 2.92 bits per heavy atom. The van der Waals surface area contributed by atoms with E-state index in [0.29, 0.717) is 5.82 Å². The Labute approximate surface area is 140 Å². The summed E-state index contributed by atoms with van der Waals surface area (Å²) in [7, 11) is 0. The summed E-state index contributed by atoms with van der Waals surface area (Å²) in [5.74, 6) is 0.215. The van der Waals surface area contributed by atoms with Gasteiger partial charge >= 0.3 is 6.18 Å². The predicted octanol–water partition coefficient (Wildman–Crippen LogP) is 1.36. The topological polar surface area (TPSA) is 97.7 Å². The number of rotatable bonds is 5. The van der Waals surface area contributed by atoms with Crippen molar-refractivity contribution in [3.8, 4) is 0 Å². The second-order valence-corrected chi connectivity index (χ2v) is 5.83. The lowest BCUT2D eigenvalue weighted by Crippen LogP contribution is -2.34. The SMILES string of the molecule is Cc1cc(C(F)(F)F)nn1CC(=O)NC[C@H]1CC[C@@H](c2ncn[nH]2)O1. The molecule has 0 radical (unpaired) electrons. The fourth-order valence-electron chi connectivity index (χ4n) is 2.66. The van der Waals surface area contributed by atoms with Crippen molar-refractivity contribution in [3.05, 3.63) is 29.6 Å². The van der Waals surface area contributed by atoms with Gasteiger partial charge in [0.1, 0.15) is 19.0 Å². The molecule has 11 heteroatoms. The van der Waals surface area contributed by atoms with Crippen LogP contribution in [0.3, 0.4) is 0 Å². The van der Waals surface area contributed by atoms with Crippen molar-refractivity contribution in [2.24, 2.45) is 0 Å². The highest BCUT2D eigenvalue weighted by atomic mass is 19.4. The van der Waals surface area contributed by atoms with Crippen LogP contribution in [0.4, 0.5) is 13.2 Å². The molecular formula is C14H17F3N6O2. The van der Waals surface area contributed by atoms with Gasteiger partial charge in [0.2, 0.25) is 5.91 Å². The summed E-state index contributed by atoms with van der Waals surface area (Å²) in [5.41, 5.74) is -0.739. The van der Waals surface area contributed by atoms with Gasteiger partial charge in [-0.15, -0.1) is 0 Å². The van der Waals surface area contributed by atoms with E-state index in [0.717, 1.165) is 23.6 Å². The number of H-pyrrole nitrogens is 1. The molecule has 136 valence electrons. The first-order valence-corrected chi connectivity index (χ1v) is 7.72. The minimum Gasteiger partial charge on any atom is -0.365 e. The number of aryl methyl sites for hydroxylation is 1. The number of nitrogens with one attached hydrogen (secondary N) is 2. The number of halogens is 3. The Morgan fingerprint density at radius 2 is 2.28 bits per heavy atom. The number of alkyl halides is 3. The van der Waals surface area contributed by atoms with Crippen LogP contribution in [0.25, 0.3) is 0 Å². The third-order valence-corrected chi connectivity index (χ3v) is 3.94. The van der Waals surface area contributed by atoms with Crippen LogP contribution in [0, 0.1) is 6.92 Å². The molecule has 2 aromatic heterocycles. The molecule has 8 nitrogen and oxygen atoms in total. The average Bonchev–Trinajstić information content (AvgIpc) is 3.25. The average molecular weight is 358 g/mol. The van der Waals surface area contributed by atoms with Crippen molar-refractivity contribution in [2.45, 2.75) is 44.7 Å². The predicted molar refractivity (Wildman–Crippen MR) is 78.2 cm³/mol. The minimum atomic E-state index is -4.53. The van der Waals surface area contributed by atoms with Crippen molar-refractivity contribution in [3.63, 3.8) is 0 Å². The summed E-state index contributed by atoms with van der Waals surface area (Å²) in [6, 6.07) is 0.912. The molecule has 0 unspecified atom stereocenters. The van der Waals surface area contributed by atoms with E-state index < -0.39 is 17.8 Å². The summed E-state index contributed by atoms with van der Waals surface area (Å²) in [6.07, 6.45) is -2.00. The zero-order valence-electron chi connectivity index (χ0n) is 13.4. The summed E-state index contributed by atoms with van der Waals surface area (Å²) >= 11 is 0. The van der Waals surface area contributed by atoms with Gasteiger partial charge in [-0.1, -0.05) is 0 Å². The fourth-order valence-corrected chi connectivity index (χ4v) is 2.66. The molecule has 3 rings (SSSR count). The summed E-state index contributed by atoms with van der Waals surface area (Å²) in [6.45, 7) is 1.47. The van der Waals surface area contributed by atoms with E-state index in [1.165, 1.54) is 13.3 Å². The van der Waals surface area contributed by atoms with E-state index in [4.69, 9.17) is 4.74 Å². The van der Waals surface area contributed by atoms with Crippen molar-refractivity contribution in [2.75, 3.05) is 6.54 Å². The zero-order valence-corrected chi connectivity index (χ0v) is 13.4. The number of hydrogen-bond acceptors (Lipinski definition) is 5. The number of aromatic nitrogens is 5. The molecule has 2 N–H and O–H groups in total. The third kappa shape index (κ3) is 4.16. The second kappa shape index (κ2) is 6.82. The first-order chi connectivity index (χ1) is 11.8. The Balaban J connectivity index is 1.48. The maximum Gasteiger partial charge on any atom is 0.435 e. The zero-order chi connectivity index (χ0) is 18.0. The van der Waals surface area contributed by atoms with Crippen molar-refractivity contribution in [1.29, 1.82) is 0 Å². The standard InChI is InChI=1S/C14H17F3N6O2/c1-8-4-11(14(15,16)17)22-23(8)6-12(24)18-5-9-2-3-10(25-9)13-19-7-20-21-13/h4,7,9-10H,2-3,5-6H2,1H3,(H,18,24)(H,19,20,21)/t9-,10+/m1/s1. The van der Waals surface area contributed by atoms with Gasteiger partial charge < -0.3 is 10.1 Å². The Morgan fingerprint density at radius 1 is 1.48 bits per heavy atom. The van der Waals surface area contributed by atoms with Crippen LogP contribution in [-0.2, 0) is 22.3 Å². The molecule has 3 heterocycles. The number of amides is 1. The molecule has 0 spiro atoms. The minimum absolute atomic E-state index is 0.177. The van der Waals surface area contributed by atoms with Crippen LogP contribution in [0.2, 0.25) is 0 Å². The number of carbonyl (C=O) groups excluding carboxylic acids is 1. The van der Waals surface area contributed by atoms with Gasteiger partial charge in [0.25, 0.3) is 0 Å². The molecule has 1 amide bonds. The quantitative estimate of drug-likeness (QED) is 0.841. The van der Waals surface area contributed by atoms with Crippen LogP contribution in [0.1, 0.15) is 36.2 Å². The van der Waals surface area contributed by atoms with Gasteiger partial charge in [0, 0.05) is 12.2 Å². The summed E-state index contributed by atoms with van der Waals surface area (Å²) in [5, 5.41) is 12.6. The Hall–Kier alpha value is -2.43. The van der Waals surface area contributed by atoms with Crippen LogP contribution < -0.4 is 5.32 Å². The van der Waals surface area contributed by atoms with Gasteiger partial charge in [-0.2, -0.15) is 23.4 Å². The van der Waals surface area contributed by atoms with E-state index >= 15 is 0 Å². The number of aromatic amines is 1. The van der Waals surface area contributed by atoms with E-state index in [1.807, 2.05) is 0 Å². The van der Waals surface area contributed by atoms with Gasteiger partial charge in [-0.3, -0.25) is 14.6 Å². The molecule has 25 heavy (non-hydrogen) atoms. The highest BCUT2D eigenvalue weighted by molar-refractivity contribution is 5.75. The number of ether oxygens (including phenoxy) is 1. The lowest BCUT2D eigenvalue weighted by Gasteiger charge is -2.13. The van der Waals surface area contributed by atoms with E-state index in [-0.39, 0.29) is 31.0 Å². The highest BCUT2D eigenvalue weighted by Crippen LogP contribution is 2.30. The smallest absolute Gasteiger partial charge is 0.365 e. The summed E-state index contributed by atoms with van der Waals surface area (Å²) < 4.78 is 44.6. The normalized spacial score (nSPS) is 20.8. The third-order valence-electron chi connectivity index (χ3n) is 3.94. The van der Waals surface area contributed by atoms with E-state index in [9.17, 15) is 18.0 Å². The number of carbonyl (C=O) groups is 1. The molecule has 1 aliphatic heterocycles. The molecule has 2 aromatic rings. The van der Waals surface area contributed by atoms with Crippen molar-refractivity contribution >= 4 is 5.91 Å². The lowest BCUT2D eigenvalue weighted by atomic mass is 10.2. The monoisotopic (exact) mass is 358 g/mol. The maximum atomic E-state index is 12.6. The Bertz CT molecular complexity index is 728. The van der Waals surface area contributed by atoms with Gasteiger partial charge in [-0.05, 0) is 25.8 Å². The second-order valence-electron chi connectivity index (χ2n) is 5.83. The van der Waals surface area contributed by atoms with Crippen molar-refractivity contribution in [1.82, 2.24) is 30.3 Å². The van der Waals surface area contributed by atoms with Crippen LogP contribution in [-0.4, -0.2) is 43.5 Å². The number of nitrogens with zero attached hydrogens (tertiary/aromatic N) is 4. The molecule has 1 fully saturated rings. The van der Waals surface area contributed by atoms with E-state index in [1.54, 1.807) is 0 Å². The fraction of sp³-hybridized carbons (Fsp3) is 0.571. The maximum absolute atomic E-state index is 12.6. The number of hydrogen-bond donors (Lipinski definition) is 2. The molecule has 0 aliphatic carbocycles. The van der Waals surface area contributed by atoms with Crippen LogP contribution >= 0.6 is 0 Å². The first kappa shape index (κ1) is 17.4. The lowest BCUT2D eigenvalue weighted by molar-refractivity contribution is -0.141. The molecular weight excluding hydrogens is 341 g/mol. The van der Waals surface area contributed by atoms with Crippen molar-refractivity contribution < 1.29 is 22.7 Å². The van der Waals surface area contributed by atoms with Gasteiger partial charge in [-0.25, -0.2) is 4.98 Å². The molecule has 1 saturated heterocycles. The van der Waals surface area contributed by atoms with E-state index in [2.05, 4.69) is 25.6 Å². The highest BCUT2D eigenvalue weighted by Gasteiger charge is 2.34. The summed E-state index contributed by atoms with van der Waals surface area (Å²) in [4.78, 5) is 16.0. The van der Waals surface area contributed by atoms with Gasteiger partial charge in [0.15, 0.2) is 11.5 Å². The molecule has 0 bridgehead atoms. The molecule has 1 aliphatic rings. The molecule has 2 atom stereocenters. The van der Waals surface area contributed by atoms with Crippen LogP contribution in [0.5, 0.6) is 0 Å². The Kier molecular flexibility index (Phi) is 4.75. The van der Waals surface area contributed by atoms with Gasteiger partial charge in [0.05, 0.1) is 6.10 Å². The molecule has 0 aromatic carbocycles. The van der Waals surface area contributed by atoms with Crippen LogP contribution in [0.15, 0.2) is 12.4 Å². The first-order valence-electron chi connectivity index (χ1n) is 7.72. The largest absolute Gasteiger partial charge is 0.435 e. The molecule has 0 saturated carbocycles.